The molecule has 0 N–H and O–H groups in total. The van der Waals surface area contributed by atoms with Crippen LogP contribution in [-0.4, -0.2) is 9.13 Å². The number of nitrogens with zero attached hydrogens (tertiary/aromatic N) is 2. The van der Waals surface area contributed by atoms with E-state index in [1.807, 2.05) is 0 Å². The lowest BCUT2D eigenvalue weighted by Crippen LogP contribution is -2.02. The molecule has 50 heavy (non-hydrogen) atoms. The van der Waals surface area contributed by atoms with Gasteiger partial charge >= 0.3 is 0 Å². The van der Waals surface area contributed by atoms with Crippen molar-refractivity contribution in [3.05, 3.63) is 194 Å². The summed E-state index contributed by atoms with van der Waals surface area (Å²) in [6.45, 7) is 0. The van der Waals surface area contributed by atoms with Gasteiger partial charge in [-0.25, -0.2) is 0 Å². The van der Waals surface area contributed by atoms with Gasteiger partial charge in [0.05, 0.1) is 22.1 Å². The molecule has 7 aromatic carbocycles. The van der Waals surface area contributed by atoms with Gasteiger partial charge in [0.25, 0.3) is 0 Å². The zero-order valence-corrected chi connectivity index (χ0v) is 27.6. The zero-order chi connectivity index (χ0) is 33.0. The summed E-state index contributed by atoms with van der Waals surface area (Å²) in [5, 5.41) is 5.07. The lowest BCUT2D eigenvalue weighted by atomic mass is 9.92. The third-order valence-electron chi connectivity index (χ3n) is 10.5. The summed E-state index contributed by atoms with van der Waals surface area (Å²) in [6, 6.07) is 61.9. The SMILES string of the molecule is C1=CC(c2ccccc2)CC=C1n1c2ccccc2c2cc(-c3ccc4c(c3)c3ccccc3n4-c3cccc(-c4ccccc4)c3)ccc21. The minimum atomic E-state index is 0.410. The van der Waals surface area contributed by atoms with Gasteiger partial charge in [-0.15, -0.1) is 0 Å². The second kappa shape index (κ2) is 11.6. The van der Waals surface area contributed by atoms with Gasteiger partial charge in [0.1, 0.15) is 0 Å². The van der Waals surface area contributed by atoms with E-state index in [-0.39, 0.29) is 0 Å². The Balaban J connectivity index is 1.08. The molecule has 0 saturated carbocycles. The topological polar surface area (TPSA) is 9.86 Å². The Bertz CT molecular complexity index is 2780. The van der Waals surface area contributed by atoms with Crippen LogP contribution < -0.4 is 0 Å². The normalized spacial score (nSPS) is 14.6. The van der Waals surface area contributed by atoms with Crippen LogP contribution in [0.2, 0.25) is 0 Å². The number of benzene rings is 7. The van der Waals surface area contributed by atoms with Gasteiger partial charge < -0.3 is 9.13 Å². The summed E-state index contributed by atoms with van der Waals surface area (Å²) in [6.07, 6.45) is 8.06. The van der Waals surface area contributed by atoms with Crippen molar-refractivity contribution in [2.45, 2.75) is 12.3 Å². The number of allylic oxidation sites excluding steroid dienone is 4. The quantitative estimate of drug-likeness (QED) is 0.178. The Morgan fingerprint density at radius 2 is 0.940 bits per heavy atom. The summed E-state index contributed by atoms with van der Waals surface area (Å²) in [5.41, 5.74) is 13.6. The molecule has 10 rings (SSSR count). The standard InChI is InChI=1S/C48H34N2/c1-3-12-33(13-4-1)35-22-26-39(27-23-35)49-45-20-9-7-18-41(45)43-31-37(24-28-47(43)49)38-25-29-48-44(32-38)42-19-8-10-21-46(42)50(48)40-17-11-16-36(30-40)34-14-5-2-6-15-34/h1-22,24-32,35H,23H2. The number of fused-ring (bicyclic) bond motifs is 6. The minimum absolute atomic E-state index is 0.410. The highest BCUT2D eigenvalue weighted by atomic mass is 15.0. The molecule has 0 amide bonds. The largest absolute Gasteiger partial charge is 0.310 e. The van der Waals surface area contributed by atoms with E-state index in [2.05, 4.69) is 197 Å². The van der Waals surface area contributed by atoms with Crippen LogP contribution in [0, 0.1) is 0 Å². The second-order valence-corrected chi connectivity index (χ2v) is 13.3. The number of rotatable bonds is 5. The third-order valence-corrected chi connectivity index (χ3v) is 10.5. The van der Waals surface area contributed by atoms with E-state index in [0.717, 1.165) is 6.42 Å². The Hall–Kier alpha value is -6.38. The van der Waals surface area contributed by atoms with Crippen LogP contribution in [0.5, 0.6) is 0 Å². The number of hydrogen-bond donors (Lipinski definition) is 0. The highest BCUT2D eigenvalue weighted by molar-refractivity contribution is 6.13. The van der Waals surface area contributed by atoms with Crippen LogP contribution >= 0.6 is 0 Å². The third kappa shape index (κ3) is 4.64. The van der Waals surface area contributed by atoms with E-state index in [9.17, 15) is 0 Å². The fraction of sp³-hybridized carbons (Fsp3) is 0.0417. The molecule has 2 nitrogen and oxygen atoms in total. The van der Waals surface area contributed by atoms with Gasteiger partial charge in [-0.1, -0.05) is 133 Å². The van der Waals surface area contributed by atoms with E-state index >= 15 is 0 Å². The molecule has 2 heteroatoms. The first kappa shape index (κ1) is 28.6. The van der Waals surface area contributed by atoms with Gasteiger partial charge in [-0.3, -0.25) is 0 Å². The van der Waals surface area contributed by atoms with Crippen molar-refractivity contribution in [2.75, 3.05) is 0 Å². The van der Waals surface area contributed by atoms with Crippen LogP contribution in [0.25, 0.3) is 77.2 Å². The van der Waals surface area contributed by atoms with Gasteiger partial charge in [-0.2, -0.15) is 0 Å². The van der Waals surface area contributed by atoms with Crippen molar-refractivity contribution in [2.24, 2.45) is 0 Å². The van der Waals surface area contributed by atoms with Gasteiger partial charge in [0.2, 0.25) is 0 Å². The molecule has 1 unspecified atom stereocenters. The maximum Gasteiger partial charge on any atom is 0.0541 e. The molecule has 1 aliphatic rings. The molecule has 1 atom stereocenters. The van der Waals surface area contributed by atoms with Gasteiger partial charge in [0.15, 0.2) is 0 Å². The maximum absolute atomic E-state index is 2.44. The highest BCUT2D eigenvalue weighted by Crippen LogP contribution is 2.39. The average molecular weight is 639 g/mol. The number of aromatic nitrogens is 2. The number of para-hydroxylation sites is 2. The van der Waals surface area contributed by atoms with E-state index in [1.165, 1.54) is 82.8 Å². The first-order valence-electron chi connectivity index (χ1n) is 17.5. The summed E-state index contributed by atoms with van der Waals surface area (Å²) in [4.78, 5) is 0. The van der Waals surface area contributed by atoms with E-state index in [0.29, 0.717) is 5.92 Å². The van der Waals surface area contributed by atoms with Gasteiger partial charge in [0, 0.05) is 38.8 Å². The van der Waals surface area contributed by atoms with E-state index in [4.69, 9.17) is 0 Å². The molecule has 2 aromatic heterocycles. The van der Waals surface area contributed by atoms with Crippen molar-refractivity contribution in [1.82, 2.24) is 9.13 Å². The minimum Gasteiger partial charge on any atom is -0.310 e. The lowest BCUT2D eigenvalue weighted by molar-refractivity contribution is 0.850. The van der Waals surface area contributed by atoms with Crippen LogP contribution in [0.1, 0.15) is 17.9 Å². The molecule has 1 aliphatic carbocycles. The Labute approximate surface area is 291 Å². The predicted octanol–water partition coefficient (Wildman–Crippen LogP) is 12.8. The van der Waals surface area contributed by atoms with Gasteiger partial charge in [-0.05, 0) is 88.8 Å². The molecule has 0 aliphatic heterocycles. The van der Waals surface area contributed by atoms with Crippen molar-refractivity contribution in [3.8, 4) is 27.9 Å². The monoisotopic (exact) mass is 638 g/mol. The summed E-state index contributed by atoms with van der Waals surface area (Å²) < 4.78 is 4.85. The average Bonchev–Trinajstić information content (AvgIpc) is 3.71. The van der Waals surface area contributed by atoms with Crippen LogP contribution in [-0.2, 0) is 0 Å². The molecule has 0 spiro atoms. The molecular weight excluding hydrogens is 605 g/mol. The summed E-state index contributed by atoms with van der Waals surface area (Å²) >= 11 is 0. The molecule has 9 aromatic rings. The van der Waals surface area contributed by atoms with Crippen LogP contribution in [0.15, 0.2) is 188 Å². The second-order valence-electron chi connectivity index (χ2n) is 13.3. The fourth-order valence-electron chi connectivity index (χ4n) is 8.04. The molecule has 236 valence electrons. The van der Waals surface area contributed by atoms with Crippen LogP contribution in [0.3, 0.4) is 0 Å². The van der Waals surface area contributed by atoms with E-state index in [1.54, 1.807) is 0 Å². The molecule has 0 radical (unpaired) electrons. The van der Waals surface area contributed by atoms with Crippen molar-refractivity contribution < 1.29 is 0 Å². The highest BCUT2D eigenvalue weighted by Gasteiger charge is 2.18. The number of hydrogen-bond acceptors (Lipinski definition) is 0. The Morgan fingerprint density at radius 1 is 0.400 bits per heavy atom. The molecule has 2 heterocycles. The summed E-state index contributed by atoms with van der Waals surface area (Å²) in [7, 11) is 0. The summed E-state index contributed by atoms with van der Waals surface area (Å²) in [5.74, 6) is 0.410. The smallest absolute Gasteiger partial charge is 0.0541 e. The Morgan fingerprint density at radius 3 is 1.60 bits per heavy atom. The van der Waals surface area contributed by atoms with Crippen molar-refractivity contribution in [1.29, 1.82) is 0 Å². The molecular formula is C48H34N2. The molecule has 0 bridgehead atoms. The maximum atomic E-state index is 2.44. The van der Waals surface area contributed by atoms with Crippen molar-refractivity contribution in [3.63, 3.8) is 0 Å². The van der Waals surface area contributed by atoms with E-state index < -0.39 is 0 Å². The zero-order valence-electron chi connectivity index (χ0n) is 27.6. The first-order valence-corrected chi connectivity index (χ1v) is 17.5. The van der Waals surface area contributed by atoms with Crippen LogP contribution in [0.4, 0.5) is 0 Å². The lowest BCUT2D eigenvalue weighted by Gasteiger charge is -2.18. The predicted molar refractivity (Wildman–Crippen MR) is 212 cm³/mol. The molecule has 0 fully saturated rings. The van der Waals surface area contributed by atoms with Crippen molar-refractivity contribution >= 4 is 49.3 Å². The Kier molecular flexibility index (Phi) is 6.67. The molecule has 0 saturated heterocycles. The fourth-order valence-corrected chi connectivity index (χ4v) is 8.04. The first-order chi connectivity index (χ1) is 24.8.